The molecule has 0 aliphatic rings. The first kappa shape index (κ1) is 18.1. The Hall–Kier alpha value is -1.96. The molecule has 0 fully saturated rings. The molecule has 1 aromatic rings. The zero-order valence-electron chi connectivity index (χ0n) is 12.9. The highest BCUT2D eigenvalue weighted by atomic mass is 32.1. The van der Waals surface area contributed by atoms with Crippen molar-refractivity contribution in [2.45, 2.75) is 39.2 Å². The van der Waals surface area contributed by atoms with Crippen molar-refractivity contribution in [3.05, 3.63) is 16.1 Å². The van der Waals surface area contributed by atoms with E-state index in [1.807, 2.05) is 19.2 Å². The van der Waals surface area contributed by atoms with E-state index < -0.39 is 17.8 Å². The summed E-state index contributed by atoms with van der Waals surface area (Å²) >= 11 is 1.53. The van der Waals surface area contributed by atoms with Gasteiger partial charge in [-0.05, 0) is 0 Å². The van der Waals surface area contributed by atoms with Crippen molar-refractivity contribution >= 4 is 29.1 Å². The van der Waals surface area contributed by atoms with Gasteiger partial charge in [0.05, 0.1) is 23.2 Å². The maximum Gasteiger partial charge on any atom is 0.307 e. The molecule has 2 amide bonds. The molecule has 122 valence electrons. The molecule has 0 aliphatic heterocycles. The first-order valence-corrected chi connectivity index (χ1v) is 7.78. The third kappa shape index (κ3) is 5.44. The molecule has 1 rings (SSSR count). The van der Waals surface area contributed by atoms with Gasteiger partial charge in [-0.15, -0.1) is 11.3 Å². The number of carboxylic acid groups (broad SMARTS) is 1. The van der Waals surface area contributed by atoms with E-state index in [4.69, 9.17) is 10.8 Å². The number of carbonyl (C=O) groups is 3. The smallest absolute Gasteiger partial charge is 0.307 e. The number of carboxylic acids is 1. The number of aromatic nitrogens is 1. The van der Waals surface area contributed by atoms with Crippen molar-refractivity contribution in [2.24, 2.45) is 11.7 Å². The van der Waals surface area contributed by atoms with Crippen LogP contribution in [0.2, 0.25) is 0 Å². The summed E-state index contributed by atoms with van der Waals surface area (Å²) in [6.07, 6.45) is -0.598. The summed E-state index contributed by atoms with van der Waals surface area (Å²) in [6, 6.07) is 0. The van der Waals surface area contributed by atoms with E-state index in [9.17, 15) is 14.4 Å². The normalized spacial score (nSPS) is 12.2. The second-order valence-electron chi connectivity index (χ2n) is 5.49. The third-order valence-electron chi connectivity index (χ3n) is 3.11. The van der Waals surface area contributed by atoms with Crippen molar-refractivity contribution in [3.63, 3.8) is 0 Å². The number of thiazole rings is 1. The molecule has 1 aromatic heterocycles. The van der Waals surface area contributed by atoms with Crippen LogP contribution >= 0.6 is 11.3 Å². The predicted molar refractivity (Wildman–Crippen MR) is 82.2 cm³/mol. The molecule has 3 N–H and O–H groups in total. The van der Waals surface area contributed by atoms with Gasteiger partial charge in [0, 0.05) is 31.2 Å². The SMILES string of the molecule is CC(C)c1nc(CN(C)C(=O)C[C@@H](CC(N)=O)C(=O)O)cs1. The van der Waals surface area contributed by atoms with Crippen molar-refractivity contribution < 1.29 is 19.5 Å². The van der Waals surface area contributed by atoms with Gasteiger partial charge < -0.3 is 15.7 Å². The molecule has 0 aliphatic carbocycles. The van der Waals surface area contributed by atoms with E-state index in [0.29, 0.717) is 12.5 Å². The van der Waals surface area contributed by atoms with Gasteiger partial charge in [-0.25, -0.2) is 4.98 Å². The van der Waals surface area contributed by atoms with Crippen LogP contribution in [-0.2, 0) is 20.9 Å². The lowest BCUT2D eigenvalue weighted by atomic mass is 10.0. The third-order valence-corrected chi connectivity index (χ3v) is 4.30. The fraction of sp³-hybridized carbons (Fsp3) is 0.571. The molecule has 1 heterocycles. The Balaban J connectivity index is 2.63. The van der Waals surface area contributed by atoms with Crippen LogP contribution in [0, 0.1) is 5.92 Å². The Bertz CT molecular complexity index is 556. The molecule has 0 radical (unpaired) electrons. The molecule has 22 heavy (non-hydrogen) atoms. The van der Waals surface area contributed by atoms with E-state index in [-0.39, 0.29) is 18.7 Å². The van der Waals surface area contributed by atoms with Crippen LogP contribution in [-0.4, -0.2) is 39.8 Å². The summed E-state index contributed by atoms with van der Waals surface area (Å²) < 4.78 is 0. The number of aliphatic carboxylic acids is 1. The molecule has 1 atom stereocenters. The van der Waals surface area contributed by atoms with Gasteiger partial charge in [0.2, 0.25) is 11.8 Å². The molecule has 0 spiro atoms. The van der Waals surface area contributed by atoms with Crippen LogP contribution in [0.4, 0.5) is 0 Å². The van der Waals surface area contributed by atoms with Crippen molar-refractivity contribution in [1.29, 1.82) is 0 Å². The zero-order valence-corrected chi connectivity index (χ0v) is 13.7. The predicted octanol–water partition coefficient (Wildman–Crippen LogP) is 1.19. The molecule has 0 unspecified atom stereocenters. The van der Waals surface area contributed by atoms with E-state index in [2.05, 4.69) is 4.98 Å². The standard InChI is InChI=1S/C14H21N3O4S/c1-8(2)13-16-10(7-22-13)6-17(3)12(19)5-9(14(20)21)4-11(15)18/h7-9H,4-6H2,1-3H3,(H2,15,18)(H,20,21)/t9-/m1/s1. The Morgan fingerprint density at radius 2 is 2.00 bits per heavy atom. The van der Waals surface area contributed by atoms with Crippen molar-refractivity contribution in [3.8, 4) is 0 Å². The molecular formula is C14H21N3O4S. The van der Waals surface area contributed by atoms with Crippen LogP contribution in [0.1, 0.15) is 43.3 Å². The monoisotopic (exact) mass is 327 g/mol. The zero-order chi connectivity index (χ0) is 16.9. The Labute approximate surface area is 133 Å². The summed E-state index contributed by atoms with van der Waals surface area (Å²) in [4.78, 5) is 39.8. The van der Waals surface area contributed by atoms with E-state index in [0.717, 1.165) is 10.7 Å². The van der Waals surface area contributed by atoms with Crippen LogP contribution in [0.3, 0.4) is 0 Å². The summed E-state index contributed by atoms with van der Waals surface area (Å²) in [6.45, 7) is 4.39. The highest BCUT2D eigenvalue weighted by Crippen LogP contribution is 2.20. The minimum absolute atomic E-state index is 0.254. The second-order valence-corrected chi connectivity index (χ2v) is 6.38. The molecule has 0 aromatic carbocycles. The highest BCUT2D eigenvalue weighted by molar-refractivity contribution is 7.09. The fourth-order valence-corrected chi connectivity index (χ4v) is 2.67. The van der Waals surface area contributed by atoms with Crippen LogP contribution in [0.25, 0.3) is 0 Å². The summed E-state index contributed by atoms with van der Waals surface area (Å²) in [5, 5.41) is 11.9. The number of nitrogens with two attached hydrogens (primary N) is 1. The van der Waals surface area contributed by atoms with Gasteiger partial charge in [-0.3, -0.25) is 14.4 Å². The number of nitrogens with zero attached hydrogens (tertiary/aromatic N) is 2. The molecule has 0 saturated heterocycles. The van der Waals surface area contributed by atoms with E-state index >= 15 is 0 Å². The van der Waals surface area contributed by atoms with Gasteiger partial charge in [0.15, 0.2) is 0 Å². The number of rotatable bonds is 8. The Morgan fingerprint density at radius 1 is 1.36 bits per heavy atom. The van der Waals surface area contributed by atoms with Crippen molar-refractivity contribution in [1.82, 2.24) is 9.88 Å². The fourth-order valence-electron chi connectivity index (χ4n) is 1.85. The minimum Gasteiger partial charge on any atom is -0.481 e. The summed E-state index contributed by atoms with van der Waals surface area (Å²) in [5.41, 5.74) is 5.77. The van der Waals surface area contributed by atoms with Crippen LogP contribution in [0.15, 0.2) is 5.38 Å². The topological polar surface area (TPSA) is 114 Å². The Kier molecular flexibility index (Phi) is 6.48. The first-order chi connectivity index (χ1) is 10.2. The quantitative estimate of drug-likeness (QED) is 0.744. The number of primary amides is 1. The lowest BCUT2D eigenvalue weighted by molar-refractivity contribution is -0.147. The van der Waals surface area contributed by atoms with Gasteiger partial charge in [-0.1, -0.05) is 13.8 Å². The van der Waals surface area contributed by atoms with Gasteiger partial charge in [0.25, 0.3) is 0 Å². The molecule has 8 heteroatoms. The van der Waals surface area contributed by atoms with Gasteiger partial charge in [0.1, 0.15) is 0 Å². The minimum atomic E-state index is -1.20. The summed E-state index contributed by atoms with van der Waals surface area (Å²) in [7, 11) is 1.58. The maximum absolute atomic E-state index is 12.1. The second kappa shape index (κ2) is 7.88. The number of carbonyl (C=O) groups excluding carboxylic acids is 2. The van der Waals surface area contributed by atoms with Crippen LogP contribution < -0.4 is 5.73 Å². The number of hydrogen-bond acceptors (Lipinski definition) is 5. The number of hydrogen-bond donors (Lipinski definition) is 2. The van der Waals surface area contributed by atoms with Crippen molar-refractivity contribution in [2.75, 3.05) is 7.05 Å². The maximum atomic E-state index is 12.1. The lowest BCUT2D eigenvalue weighted by Crippen LogP contribution is -2.32. The largest absolute Gasteiger partial charge is 0.481 e. The van der Waals surface area contributed by atoms with Crippen LogP contribution in [0.5, 0.6) is 0 Å². The molecule has 0 bridgehead atoms. The van der Waals surface area contributed by atoms with E-state index in [1.54, 1.807) is 7.05 Å². The highest BCUT2D eigenvalue weighted by Gasteiger charge is 2.25. The van der Waals surface area contributed by atoms with Gasteiger partial charge >= 0.3 is 5.97 Å². The lowest BCUT2D eigenvalue weighted by Gasteiger charge is -2.18. The molecule has 7 nitrogen and oxygen atoms in total. The van der Waals surface area contributed by atoms with Gasteiger partial charge in [-0.2, -0.15) is 0 Å². The first-order valence-electron chi connectivity index (χ1n) is 6.90. The average Bonchev–Trinajstić information content (AvgIpc) is 2.85. The average molecular weight is 327 g/mol. The molecule has 0 saturated carbocycles. The number of amides is 2. The molecular weight excluding hydrogens is 306 g/mol. The van der Waals surface area contributed by atoms with E-state index in [1.165, 1.54) is 16.2 Å². The summed E-state index contributed by atoms with van der Waals surface area (Å²) in [5.74, 6) is -3.05. The Morgan fingerprint density at radius 3 is 2.45 bits per heavy atom.